The van der Waals surface area contributed by atoms with Crippen LogP contribution < -0.4 is 5.32 Å². The summed E-state index contributed by atoms with van der Waals surface area (Å²) in [4.78, 5) is 0. The Labute approximate surface area is 103 Å². The Morgan fingerprint density at radius 3 is 2.75 bits per heavy atom. The zero-order valence-electron chi connectivity index (χ0n) is 10.1. The maximum Gasteiger partial charge on any atom is 0.0456 e. The lowest BCUT2D eigenvalue weighted by Gasteiger charge is -2.17. The van der Waals surface area contributed by atoms with E-state index in [1.54, 1.807) is 0 Å². The van der Waals surface area contributed by atoms with Crippen molar-refractivity contribution in [1.82, 2.24) is 5.32 Å². The third-order valence-electron chi connectivity index (χ3n) is 2.46. The molecule has 1 nitrogen and oxygen atoms in total. The van der Waals surface area contributed by atoms with E-state index in [1.165, 1.54) is 5.56 Å². The molecule has 0 fully saturated rings. The molecule has 1 atom stereocenters. The molecule has 0 aliphatic rings. The van der Waals surface area contributed by atoms with Crippen LogP contribution in [0.15, 0.2) is 18.2 Å². The van der Waals surface area contributed by atoms with Gasteiger partial charge in [0.15, 0.2) is 0 Å². The second kappa shape index (κ2) is 6.58. The standard InChI is InChI=1S/C14H18ClN/c1-4-6-7-14(16-5-2)12-9-8-11(3)10-13(12)15/h8-10,14,16H,5,7H2,1-3H3. The predicted octanol–water partition coefficient (Wildman–Crippen LogP) is 3.71. The van der Waals surface area contributed by atoms with Crippen LogP contribution in [-0.4, -0.2) is 6.54 Å². The van der Waals surface area contributed by atoms with Gasteiger partial charge >= 0.3 is 0 Å². The Balaban J connectivity index is 2.94. The molecule has 1 unspecified atom stereocenters. The molecular formula is C14H18ClN. The van der Waals surface area contributed by atoms with E-state index >= 15 is 0 Å². The molecule has 0 radical (unpaired) electrons. The summed E-state index contributed by atoms with van der Waals surface area (Å²) in [7, 11) is 0. The van der Waals surface area contributed by atoms with Gasteiger partial charge in [-0.2, -0.15) is 0 Å². The number of benzene rings is 1. The predicted molar refractivity (Wildman–Crippen MR) is 70.7 cm³/mol. The lowest BCUT2D eigenvalue weighted by atomic mass is 10.0. The molecule has 1 rings (SSSR count). The maximum atomic E-state index is 6.25. The number of nitrogens with one attached hydrogen (secondary N) is 1. The highest BCUT2D eigenvalue weighted by molar-refractivity contribution is 6.31. The Morgan fingerprint density at radius 1 is 1.44 bits per heavy atom. The molecule has 0 spiro atoms. The van der Waals surface area contributed by atoms with Crippen molar-refractivity contribution < 1.29 is 0 Å². The van der Waals surface area contributed by atoms with E-state index in [4.69, 9.17) is 11.6 Å². The zero-order chi connectivity index (χ0) is 12.0. The molecule has 0 bridgehead atoms. The molecule has 0 aromatic heterocycles. The highest BCUT2D eigenvalue weighted by atomic mass is 35.5. The van der Waals surface area contributed by atoms with Crippen LogP contribution >= 0.6 is 11.6 Å². The first-order valence-electron chi connectivity index (χ1n) is 5.58. The van der Waals surface area contributed by atoms with Gasteiger partial charge in [0.2, 0.25) is 0 Å². The molecule has 1 N–H and O–H groups in total. The van der Waals surface area contributed by atoms with Crippen molar-refractivity contribution in [2.24, 2.45) is 0 Å². The smallest absolute Gasteiger partial charge is 0.0456 e. The summed E-state index contributed by atoms with van der Waals surface area (Å²) >= 11 is 6.25. The van der Waals surface area contributed by atoms with Crippen LogP contribution in [0.5, 0.6) is 0 Å². The lowest BCUT2D eigenvalue weighted by molar-refractivity contribution is 0.565. The largest absolute Gasteiger partial charge is 0.309 e. The molecule has 0 aliphatic carbocycles. The van der Waals surface area contributed by atoms with E-state index in [0.717, 1.165) is 23.6 Å². The zero-order valence-corrected chi connectivity index (χ0v) is 10.9. The van der Waals surface area contributed by atoms with Crippen LogP contribution in [0.4, 0.5) is 0 Å². The summed E-state index contributed by atoms with van der Waals surface area (Å²) in [5.74, 6) is 6.03. The number of aryl methyl sites for hydroxylation is 1. The fraction of sp³-hybridized carbons (Fsp3) is 0.429. The van der Waals surface area contributed by atoms with E-state index in [1.807, 2.05) is 19.9 Å². The minimum atomic E-state index is 0.227. The summed E-state index contributed by atoms with van der Waals surface area (Å²) in [6, 6.07) is 6.40. The van der Waals surface area contributed by atoms with E-state index < -0.39 is 0 Å². The van der Waals surface area contributed by atoms with Crippen LogP contribution in [-0.2, 0) is 0 Å². The van der Waals surface area contributed by atoms with Crippen LogP contribution in [0.25, 0.3) is 0 Å². The second-order valence-corrected chi connectivity index (χ2v) is 4.17. The Morgan fingerprint density at radius 2 is 2.19 bits per heavy atom. The molecule has 86 valence electrons. The SMILES string of the molecule is CC#CCC(NCC)c1ccc(C)cc1Cl. The molecule has 1 aromatic carbocycles. The van der Waals surface area contributed by atoms with Gasteiger partial charge in [0.25, 0.3) is 0 Å². The van der Waals surface area contributed by atoms with Gasteiger partial charge in [0.1, 0.15) is 0 Å². The normalized spacial score (nSPS) is 11.8. The molecule has 1 aromatic rings. The Bertz CT molecular complexity index is 401. The molecule has 0 saturated heterocycles. The number of hydrogen-bond donors (Lipinski definition) is 1. The van der Waals surface area contributed by atoms with Crippen molar-refractivity contribution in [1.29, 1.82) is 0 Å². The number of halogens is 1. The highest BCUT2D eigenvalue weighted by Gasteiger charge is 2.12. The summed E-state index contributed by atoms with van der Waals surface area (Å²) in [6.45, 7) is 6.91. The summed E-state index contributed by atoms with van der Waals surface area (Å²) in [6.07, 6.45) is 0.799. The molecule has 16 heavy (non-hydrogen) atoms. The molecule has 0 amide bonds. The van der Waals surface area contributed by atoms with Crippen molar-refractivity contribution in [2.75, 3.05) is 6.54 Å². The third-order valence-corrected chi connectivity index (χ3v) is 2.79. The third kappa shape index (κ3) is 3.56. The van der Waals surface area contributed by atoms with Gasteiger partial charge < -0.3 is 5.32 Å². The number of hydrogen-bond acceptors (Lipinski definition) is 1. The van der Waals surface area contributed by atoms with Crippen molar-refractivity contribution >= 4 is 11.6 Å². The summed E-state index contributed by atoms with van der Waals surface area (Å²) in [5.41, 5.74) is 2.32. The quantitative estimate of drug-likeness (QED) is 0.785. The maximum absolute atomic E-state index is 6.25. The van der Waals surface area contributed by atoms with Gasteiger partial charge in [-0.15, -0.1) is 11.8 Å². The topological polar surface area (TPSA) is 12.0 Å². The lowest BCUT2D eigenvalue weighted by Crippen LogP contribution is -2.20. The van der Waals surface area contributed by atoms with Crippen LogP contribution in [0.2, 0.25) is 5.02 Å². The van der Waals surface area contributed by atoms with Gasteiger partial charge in [-0.05, 0) is 37.6 Å². The van der Waals surface area contributed by atoms with Crippen molar-refractivity contribution in [3.8, 4) is 11.8 Å². The van der Waals surface area contributed by atoms with E-state index in [9.17, 15) is 0 Å². The minimum absolute atomic E-state index is 0.227. The van der Waals surface area contributed by atoms with Gasteiger partial charge in [-0.1, -0.05) is 30.7 Å². The van der Waals surface area contributed by atoms with Gasteiger partial charge in [-0.25, -0.2) is 0 Å². The van der Waals surface area contributed by atoms with Crippen molar-refractivity contribution in [3.63, 3.8) is 0 Å². The fourth-order valence-electron chi connectivity index (χ4n) is 1.66. The van der Waals surface area contributed by atoms with E-state index in [-0.39, 0.29) is 6.04 Å². The highest BCUT2D eigenvalue weighted by Crippen LogP contribution is 2.25. The second-order valence-electron chi connectivity index (χ2n) is 3.77. The van der Waals surface area contributed by atoms with Crippen molar-refractivity contribution in [2.45, 2.75) is 33.2 Å². The first-order chi connectivity index (χ1) is 7.69. The van der Waals surface area contributed by atoms with E-state index in [0.29, 0.717) is 0 Å². The average molecular weight is 236 g/mol. The fourth-order valence-corrected chi connectivity index (χ4v) is 2.02. The van der Waals surface area contributed by atoms with Crippen LogP contribution in [0.1, 0.15) is 37.4 Å². The first-order valence-corrected chi connectivity index (χ1v) is 5.95. The van der Waals surface area contributed by atoms with Gasteiger partial charge in [-0.3, -0.25) is 0 Å². The first kappa shape index (κ1) is 13.1. The molecule has 0 aliphatic heterocycles. The minimum Gasteiger partial charge on any atom is -0.309 e. The van der Waals surface area contributed by atoms with E-state index in [2.05, 4.69) is 36.2 Å². The van der Waals surface area contributed by atoms with Gasteiger partial charge in [0.05, 0.1) is 0 Å². The van der Waals surface area contributed by atoms with Crippen molar-refractivity contribution in [3.05, 3.63) is 34.3 Å². The van der Waals surface area contributed by atoms with Crippen LogP contribution in [0.3, 0.4) is 0 Å². The Kier molecular flexibility index (Phi) is 5.38. The van der Waals surface area contributed by atoms with Gasteiger partial charge in [0, 0.05) is 17.5 Å². The Hall–Kier alpha value is -0.970. The summed E-state index contributed by atoms with van der Waals surface area (Å²) < 4.78 is 0. The average Bonchev–Trinajstić information content (AvgIpc) is 2.25. The summed E-state index contributed by atoms with van der Waals surface area (Å²) in [5, 5.41) is 4.23. The monoisotopic (exact) mass is 235 g/mol. The van der Waals surface area contributed by atoms with Crippen LogP contribution in [0, 0.1) is 18.8 Å². The molecule has 0 heterocycles. The molecular weight excluding hydrogens is 218 g/mol. The molecule has 0 saturated carbocycles. The number of rotatable bonds is 4. The molecule has 2 heteroatoms.